The summed E-state index contributed by atoms with van der Waals surface area (Å²) in [6.07, 6.45) is 0. The summed E-state index contributed by atoms with van der Waals surface area (Å²) in [6, 6.07) is 30.5. The maximum atomic E-state index is 13.9. The Balaban J connectivity index is 1.86. The van der Waals surface area contributed by atoms with Crippen molar-refractivity contribution in [1.82, 2.24) is 9.78 Å². The summed E-state index contributed by atoms with van der Waals surface area (Å²) in [7, 11) is -4.22. The normalized spacial score (nSPS) is 11.2. The van der Waals surface area contributed by atoms with Crippen LogP contribution in [0.2, 0.25) is 0 Å². The molecule has 1 heterocycles. The van der Waals surface area contributed by atoms with Gasteiger partial charge in [0.1, 0.15) is 0 Å². The van der Waals surface area contributed by atoms with Gasteiger partial charge in [-0.05, 0) is 24.3 Å². The molecule has 9 heteroatoms. The van der Waals surface area contributed by atoms with Gasteiger partial charge in [-0.25, -0.2) is 13.1 Å². The molecule has 0 saturated heterocycles. The first kappa shape index (κ1) is 23.8. The summed E-state index contributed by atoms with van der Waals surface area (Å²) in [5, 5.41) is 15.3. The van der Waals surface area contributed by atoms with Crippen molar-refractivity contribution in [1.29, 1.82) is 0 Å². The number of ketones is 1. The highest BCUT2D eigenvalue weighted by molar-refractivity contribution is 7.91. The van der Waals surface area contributed by atoms with E-state index in [1.165, 1.54) is 41.1 Å². The van der Waals surface area contributed by atoms with E-state index in [4.69, 9.17) is 0 Å². The van der Waals surface area contributed by atoms with Crippen LogP contribution in [-0.4, -0.2) is 28.9 Å². The molecule has 5 rings (SSSR count). The van der Waals surface area contributed by atoms with Crippen molar-refractivity contribution in [3.63, 3.8) is 0 Å². The second-order valence-corrected chi connectivity index (χ2v) is 9.96. The standard InChI is InChI=1S/C28H19N3O5S/c32-27(21-12-6-2-7-13-21)25-26(20-10-4-1-5-11-20)30(22-16-18-23(19-17-22)31(33)34)29-28(25)37(35,36)24-14-8-3-9-15-24/h1-19H. The van der Waals surface area contributed by atoms with Crippen molar-refractivity contribution >= 4 is 21.3 Å². The number of non-ortho nitro benzene ring substituents is 1. The Bertz CT molecular complexity index is 1700. The minimum atomic E-state index is -4.22. The predicted molar refractivity (Wildman–Crippen MR) is 137 cm³/mol. The molecule has 0 aliphatic rings. The number of nitro groups is 1. The maximum absolute atomic E-state index is 13.9. The Morgan fingerprint density at radius 1 is 0.757 bits per heavy atom. The third-order valence-electron chi connectivity index (χ3n) is 5.78. The van der Waals surface area contributed by atoms with Crippen LogP contribution in [0.3, 0.4) is 0 Å². The molecule has 1 aromatic heterocycles. The van der Waals surface area contributed by atoms with Gasteiger partial charge in [0.2, 0.25) is 9.84 Å². The topological polar surface area (TPSA) is 112 Å². The maximum Gasteiger partial charge on any atom is 0.269 e. The Kier molecular flexibility index (Phi) is 6.21. The average molecular weight is 510 g/mol. The third-order valence-corrected chi connectivity index (χ3v) is 7.46. The van der Waals surface area contributed by atoms with E-state index >= 15 is 0 Å². The molecule has 8 nitrogen and oxygen atoms in total. The zero-order chi connectivity index (χ0) is 26.0. The SMILES string of the molecule is O=C(c1ccccc1)c1c(S(=O)(=O)c2ccccc2)nn(-c2ccc([N+](=O)[O-])cc2)c1-c1ccccc1. The van der Waals surface area contributed by atoms with Crippen LogP contribution >= 0.6 is 0 Å². The highest BCUT2D eigenvalue weighted by atomic mass is 32.2. The number of aromatic nitrogens is 2. The lowest BCUT2D eigenvalue weighted by Crippen LogP contribution is -2.11. The van der Waals surface area contributed by atoms with Crippen molar-refractivity contribution < 1.29 is 18.1 Å². The van der Waals surface area contributed by atoms with Crippen LogP contribution in [0.5, 0.6) is 0 Å². The van der Waals surface area contributed by atoms with E-state index in [2.05, 4.69) is 5.10 Å². The number of sulfone groups is 1. The molecule has 0 amide bonds. The lowest BCUT2D eigenvalue weighted by atomic mass is 10.00. The zero-order valence-electron chi connectivity index (χ0n) is 19.3. The van der Waals surface area contributed by atoms with E-state index in [0.29, 0.717) is 16.8 Å². The minimum Gasteiger partial charge on any atom is -0.288 e. The lowest BCUT2D eigenvalue weighted by molar-refractivity contribution is -0.384. The van der Waals surface area contributed by atoms with Gasteiger partial charge in [-0.3, -0.25) is 14.9 Å². The molecule has 0 spiro atoms. The van der Waals surface area contributed by atoms with Crippen LogP contribution in [0.4, 0.5) is 5.69 Å². The quantitative estimate of drug-likeness (QED) is 0.162. The van der Waals surface area contributed by atoms with E-state index in [1.54, 1.807) is 78.9 Å². The Labute approximate surface area is 212 Å². The molecule has 0 aliphatic heterocycles. The van der Waals surface area contributed by atoms with E-state index in [0.717, 1.165) is 0 Å². The van der Waals surface area contributed by atoms with E-state index < -0.39 is 25.6 Å². The van der Waals surface area contributed by atoms with Gasteiger partial charge in [0, 0.05) is 23.3 Å². The van der Waals surface area contributed by atoms with Crippen LogP contribution in [0.1, 0.15) is 15.9 Å². The Morgan fingerprint density at radius 2 is 1.30 bits per heavy atom. The second-order valence-electron chi connectivity index (χ2n) is 8.09. The fraction of sp³-hybridized carbons (Fsp3) is 0. The average Bonchev–Trinajstić information content (AvgIpc) is 3.36. The monoisotopic (exact) mass is 509 g/mol. The van der Waals surface area contributed by atoms with Gasteiger partial charge in [0.15, 0.2) is 10.8 Å². The zero-order valence-corrected chi connectivity index (χ0v) is 20.1. The second kappa shape index (κ2) is 9.63. The molecule has 0 unspecified atom stereocenters. The molecule has 5 aromatic rings. The first-order chi connectivity index (χ1) is 17.9. The molecule has 0 aliphatic carbocycles. The van der Waals surface area contributed by atoms with Crippen molar-refractivity contribution in [2.24, 2.45) is 0 Å². The number of carbonyl (C=O) groups excluding carboxylic acids is 1. The van der Waals surface area contributed by atoms with E-state index in [-0.39, 0.29) is 21.8 Å². The lowest BCUT2D eigenvalue weighted by Gasteiger charge is -2.10. The first-order valence-corrected chi connectivity index (χ1v) is 12.7. The molecule has 0 saturated carbocycles. The van der Waals surface area contributed by atoms with Crippen LogP contribution < -0.4 is 0 Å². The van der Waals surface area contributed by atoms with E-state index in [1.807, 2.05) is 0 Å². The smallest absolute Gasteiger partial charge is 0.269 e. The molecule has 0 bridgehead atoms. The summed E-state index contributed by atoms with van der Waals surface area (Å²) >= 11 is 0. The highest BCUT2D eigenvalue weighted by Crippen LogP contribution is 2.35. The summed E-state index contributed by atoms with van der Waals surface area (Å²) in [5.41, 5.74) is 1.27. The minimum absolute atomic E-state index is 0.00919. The van der Waals surface area contributed by atoms with Gasteiger partial charge >= 0.3 is 0 Å². The van der Waals surface area contributed by atoms with Crippen LogP contribution in [0.25, 0.3) is 16.9 Å². The molecule has 37 heavy (non-hydrogen) atoms. The van der Waals surface area contributed by atoms with Gasteiger partial charge in [-0.1, -0.05) is 78.9 Å². The molecule has 182 valence electrons. The summed E-state index contributed by atoms with van der Waals surface area (Å²) in [6.45, 7) is 0. The molecular weight excluding hydrogens is 490 g/mol. The largest absolute Gasteiger partial charge is 0.288 e. The van der Waals surface area contributed by atoms with E-state index in [9.17, 15) is 23.3 Å². The number of benzene rings is 4. The molecule has 0 fully saturated rings. The fourth-order valence-electron chi connectivity index (χ4n) is 4.00. The number of rotatable bonds is 7. The van der Waals surface area contributed by atoms with Crippen LogP contribution in [0.15, 0.2) is 125 Å². The molecule has 0 N–H and O–H groups in total. The predicted octanol–water partition coefficient (Wildman–Crippen LogP) is 5.51. The highest BCUT2D eigenvalue weighted by Gasteiger charge is 2.34. The van der Waals surface area contributed by atoms with Crippen molar-refractivity contribution in [3.8, 4) is 16.9 Å². The van der Waals surface area contributed by atoms with Crippen LogP contribution in [-0.2, 0) is 9.84 Å². The Morgan fingerprint density at radius 3 is 1.86 bits per heavy atom. The third kappa shape index (κ3) is 4.43. The number of carbonyl (C=O) groups is 1. The molecule has 0 atom stereocenters. The van der Waals surface area contributed by atoms with Crippen LogP contribution in [0, 0.1) is 10.1 Å². The number of nitro benzene ring substituents is 1. The molecule has 0 radical (unpaired) electrons. The van der Waals surface area contributed by atoms with Crippen molar-refractivity contribution in [2.45, 2.75) is 9.92 Å². The van der Waals surface area contributed by atoms with Gasteiger partial charge in [0.05, 0.1) is 26.8 Å². The number of hydrogen-bond acceptors (Lipinski definition) is 6. The van der Waals surface area contributed by atoms with Crippen molar-refractivity contribution in [3.05, 3.63) is 137 Å². The summed E-state index contributed by atoms with van der Waals surface area (Å²) in [4.78, 5) is 24.6. The Hall–Kier alpha value is -4.89. The number of hydrogen-bond donors (Lipinski definition) is 0. The van der Waals surface area contributed by atoms with Gasteiger partial charge in [-0.2, -0.15) is 5.10 Å². The van der Waals surface area contributed by atoms with Crippen molar-refractivity contribution in [2.75, 3.05) is 0 Å². The fourth-order valence-corrected chi connectivity index (χ4v) is 5.39. The summed E-state index contributed by atoms with van der Waals surface area (Å²) < 4.78 is 29.0. The van der Waals surface area contributed by atoms with Gasteiger partial charge in [-0.15, -0.1) is 0 Å². The first-order valence-electron chi connectivity index (χ1n) is 11.2. The molecule has 4 aromatic carbocycles. The number of nitrogens with zero attached hydrogens (tertiary/aromatic N) is 3. The van der Waals surface area contributed by atoms with Gasteiger partial charge < -0.3 is 0 Å². The van der Waals surface area contributed by atoms with Gasteiger partial charge in [0.25, 0.3) is 5.69 Å². The molecular formula is C28H19N3O5S. The summed E-state index contributed by atoms with van der Waals surface area (Å²) in [5.74, 6) is -0.512.